The summed E-state index contributed by atoms with van der Waals surface area (Å²) >= 11 is 0. The first-order valence-corrected chi connectivity index (χ1v) is 11.9. The molecule has 0 saturated heterocycles. The summed E-state index contributed by atoms with van der Waals surface area (Å²) in [6, 6.07) is 15.6. The minimum atomic E-state index is -0.519. The van der Waals surface area contributed by atoms with Gasteiger partial charge in [-0.2, -0.15) is 0 Å². The van der Waals surface area contributed by atoms with Gasteiger partial charge in [-0.15, -0.1) is 0 Å². The Hall–Kier alpha value is -2.82. The van der Waals surface area contributed by atoms with Crippen LogP contribution < -0.4 is 10.1 Å². The number of amides is 2. The molecule has 0 heterocycles. The molecule has 1 aliphatic rings. The third-order valence-electron chi connectivity index (χ3n) is 6.22. The van der Waals surface area contributed by atoms with Gasteiger partial charge in [-0.1, -0.05) is 68.7 Å². The quantitative estimate of drug-likeness (QED) is 0.582. The van der Waals surface area contributed by atoms with Crippen molar-refractivity contribution < 1.29 is 14.3 Å². The van der Waals surface area contributed by atoms with Gasteiger partial charge >= 0.3 is 0 Å². The number of rotatable bonds is 10. The molecule has 1 atom stereocenters. The van der Waals surface area contributed by atoms with Crippen molar-refractivity contribution >= 4 is 11.8 Å². The van der Waals surface area contributed by atoms with Crippen molar-refractivity contribution in [2.75, 3.05) is 6.61 Å². The van der Waals surface area contributed by atoms with Crippen LogP contribution in [0.1, 0.15) is 62.6 Å². The van der Waals surface area contributed by atoms with Crippen LogP contribution in [-0.4, -0.2) is 35.4 Å². The smallest absolute Gasteiger partial charge is 0.261 e. The van der Waals surface area contributed by atoms with E-state index in [-0.39, 0.29) is 24.5 Å². The fraction of sp³-hybridized carbons (Fsp3) is 0.481. The zero-order valence-electron chi connectivity index (χ0n) is 19.6. The fourth-order valence-corrected chi connectivity index (χ4v) is 4.34. The maximum Gasteiger partial charge on any atom is 0.261 e. The van der Waals surface area contributed by atoms with E-state index >= 15 is 0 Å². The monoisotopic (exact) mass is 436 g/mol. The molecular weight excluding hydrogens is 400 g/mol. The molecule has 2 aromatic carbocycles. The third kappa shape index (κ3) is 6.59. The van der Waals surface area contributed by atoms with Gasteiger partial charge in [0.25, 0.3) is 5.91 Å². The molecule has 0 radical (unpaired) electrons. The summed E-state index contributed by atoms with van der Waals surface area (Å²) in [5, 5.41) is 3.18. The zero-order chi connectivity index (χ0) is 22.9. The van der Waals surface area contributed by atoms with Gasteiger partial charge in [0.1, 0.15) is 11.8 Å². The standard InChI is InChI=1S/C27H36N2O3/c1-4-21-13-15-24(16-14-21)32-19-26(30)29(18-22-10-8-9-20(3)17-22)25(5-2)27(31)28-23-11-6-7-12-23/h8-10,13-17,23,25H,4-7,11-12,18-19H2,1-3H3,(H,28,31)/t25-/m0/s1. The Kier molecular flexibility index (Phi) is 8.72. The fourth-order valence-electron chi connectivity index (χ4n) is 4.34. The Morgan fingerprint density at radius 2 is 1.78 bits per heavy atom. The van der Waals surface area contributed by atoms with E-state index in [4.69, 9.17) is 4.74 Å². The van der Waals surface area contributed by atoms with Crippen molar-refractivity contribution in [1.82, 2.24) is 10.2 Å². The molecule has 0 bridgehead atoms. The Morgan fingerprint density at radius 1 is 1.06 bits per heavy atom. The van der Waals surface area contributed by atoms with Gasteiger partial charge in [0.05, 0.1) is 0 Å². The second-order valence-electron chi connectivity index (χ2n) is 8.71. The van der Waals surface area contributed by atoms with Gasteiger partial charge in [-0.05, 0) is 55.9 Å². The number of nitrogens with one attached hydrogen (secondary N) is 1. The molecular formula is C27H36N2O3. The van der Waals surface area contributed by atoms with Crippen molar-refractivity contribution in [3.63, 3.8) is 0 Å². The highest BCUT2D eigenvalue weighted by atomic mass is 16.5. The molecule has 5 nitrogen and oxygen atoms in total. The molecule has 1 aliphatic carbocycles. The van der Waals surface area contributed by atoms with Crippen molar-refractivity contribution in [2.45, 2.75) is 77.9 Å². The number of ether oxygens (including phenoxy) is 1. The van der Waals surface area contributed by atoms with E-state index in [1.165, 1.54) is 5.56 Å². The number of aryl methyl sites for hydroxylation is 2. The lowest BCUT2D eigenvalue weighted by Gasteiger charge is -2.31. The van der Waals surface area contributed by atoms with Crippen LogP contribution in [0.4, 0.5) is 0 Å². The molecule has 0 aromatic heterocycles. The van der Waals surface area contributed by atoms with E-state index in [0.29, 0.717) is 18.7 Å². The molecule has 1 saturated carbocycles. The average Bonchev–Trinajstić information content (AvgIpc) is 3.30. The van der Waals surface area contributed by atoms with Crippen LogP contribution in [0.5, 0.6) is 5.75 Å². The summed E-state index contributed by atoms with van der Waals surface area (Å²) < 4.78 is 5.79. The molecule has 0 aliphatic heterocycles. The van der Waals surface area contributed by atoms with Crippen molar-refractivity contribution in [2.24, 2.45) is 0 Å². The highest BCUT2D eigenvalue weighted by molar-refractivity contribution is 5.88. The molecule has 32 heavy (non-hydrogen) atoms. The third-order valence-corrected chi connectivity index (χ3v) is 6.22. The summed E-state index contributed by atoms with van der Waals surface area (Å²) in [5.74, 6) is 0.418. The number of hydrogen-bond acceptors (Lipinski definition) is 3. The first kappa shape index (κ1) is 23.8. The van der Waals surface area contributed by atoms with Crippen molar-refractivity contribution in [3.05, 3.63) is 65.2 Å². The zero-order valence-corrected chi connectivity index (χ0v) is 19.6. The highest BCUT2D eigenvalue weighted by Crippen LogP contribution is 2.20. The number of carbonyl (C=O) groups is 2. The van der Waals surface area contributed by atoms with Crippen LogP contribution in [0.2, 0.25) is 0 Å². The molecule has 0 unspecified atom stereocenters. The normalized spacial score (nSPS) is 14.7. The van der Waals surface area contributed by atoms with Crippen LogP contribution in [0.15, 0.2) is 48.5 Å². The summed E-state index contributed by atoms with van der Waals surface area (Å²) in [5.41, 5.74) is 3.36. The highest BCUT2D eigenvalue weighted by Gasteiger charge is 2.30. The molecule has 1 fully saturated rings. The summed E-state index contributed by atoms with van der Waals surface area (Å²) in [4.78, 5) is 28.1. The van der Waals surface area contributed by atoms with E-state index in [9.17, 15) is 9.59 Å². The second-order valence-corrected chi connectivity index (χ2v) is 8.71. The van der Waals surface area contributed by atoms with E-state index in [0.717, 1.165) is 43.2 Å². The Labute approximate surface area is 192 Å². The molecule has 3 rings (SSSR count). The molecule has 2 aromatic rings. The SMILES string of the molecule is CCc1ccc(OCC(=O)N(Cc2cccc(C)c2)[C@@H](CC)C(=O)NC2CCCC2)cc1. The predicted molar refractivity (Wildman–Crippen MR) is 128 cm³/mol. The minimum Gasteiger partial charge on any atom is -0.484 e. The van der Waals surface area contributed by atoms with Gasteiger partial charge in [-0.3, -0.25) is 9.59 Å². The van der Waals surface area contributed by atoms with Crippen LogP contribution in [0.25, 0.3) is 0 Å². The predicted octanol–water partition coefficient (Wildman–Crippen LogP) is 4.80. The van der Waals surface area contributed by atoms with Gasteiger partial charge < -0.3 is 15.0 Å². The first-order chi connectivity index (χ1) is 15.5. The van der Waals surface area contributed by atoms with Gasteiger partial charge in [0.2, 0.25) is 5.91 Å². The van der Waals surface area contributed by atoms with Gasteiger partial charge in [0.15, 0.2) is 6.61 Å². The number of hydrogen-bond donors (Lipinski definition) is 1. The maximum absolute atomic E-state index is 13.3. The molecule has 2 amide bonds. The number of benzene rings is 2. The summed E-state index contributed by atoms with van der Waals surface area (Å²) in [7, 11) is 0. The summed E-state index contributed by atoms with van der Waals surface area (Å²) in [6.07, 6.45) is 5.85. The summed E-state index contributed by atoms with van der Waals surface area (Å²) in [6.45, 7) is 6.38. The van der Waals surface area contributed by atoms with Crippen LogP contribution >= 0.6 is 0 Å². The van der Waals surface area contributed by atoms with Gasteiger partial charge in [0, 0.05) is 12.6 Å². The second kappa shape index (κ2) is 11.7. The van der Waals surface area contributed by atoms with Crippen LogP contribution in [0.3, 0.4) is 0 Å². The Morgan fingerprint density at radius 3 is 2.41 bits per heavy atom. The lowest BCUT2D eigenvalue weighted by molar-refractivity contribution is -0.143. The van der Waals surface area contributed by atoms with Gasteiger partial charge in [-0.25, -0.2) is 0 Å². The van der Waals surface area contributed by atoms with Crippen molar-refractivity contribution in [1.29, 1.82) is 0 Å². The largest absolute Gasteiger partial charge is 0.484 e. The van der Waals surface area contributed by atoms with E-state index in [2.05, 4.69) is 18.3 Å². The topological polar surface area (TPSA) is 58.6 Å². The van der Waals surface area contributed by atoms with E-state index in [1.807, 2.05) is 56.3 Å². The number of nitrogens with zero attached hydrogens (tertiary/aromatic N) is 1. The van der Waals surface area contributed by atoms with Crippen LogP contribution in [-0.2, 0) is 22.6 Å². The molecule has 5 heteroatoms. The lowest BCUT2D eigenvalue weighted by Crippen LogP contribution is -2.52. The van der Waals surface area contributed by atoms with E-state index < -0.39 is 6.04 Å². The van der Waals surface area contributed by atoms with Crippen molar-refractivity contribution in [3.8, 4) is 5.75 Å². The maximum atomic E-state index is 13.3. The number of carbonyl (C=O) groups excluding carboxylic acids is 2. The first-order valence-electron chi connectivity index (χ1n) is 11.9. The minimum absolute atomic E-state index is 0.0623. The van der Waals surface area contributed by atoms with Crippen LogP contribution in [0, 0.1) is 6.92 Å². The molecule has 0 spiro atoms. The lowest BCUT2D eigenvalue weighted by atomic mass is 10.1. The van der Waals surface area contributed by atoms with E-state index in [1.54, 1.807) is 4.90 Å². The Balaban J connectivity index is 1.74. The molecule has 172 valence electrons. The molecule has 1 N–H and O–H groups in total. The Bertz CT molecular complexity index is 888. The average molecular weight is 437 g/mol.